The standard InChI is InChI=1S/C18H20F2N2O/c1-12-3-4-13(2)22(12)15-7-9-21(10-8-15)18(23)16-11-14(19)5-6-17(16)20/h3-6,11,15H,7-10H2,1-2H3. The molecule has 23 heavy (non-hydrogen) atoms. The van der Waals surface area contributed by atoms with Crippen LogP contribution in [0.3, 0.4) is 0 Å². The fourth-order valence-corrected chi connectivity index (χ4v) is 3.41. The number of aromatic nitrogens is 1. The quantitative estimate of drug-likeness (QED) is 0.825. The molecule has 1 aromatic carbocycles. The molecule has 2 aromatic rings. The summed E-state index contributed by atoms with van der Waals surface area (Å²) in [6.07, 6.45) is 1.64. The number of carbonyl (C=O) groups excluding carboxylic acids is 1. The molecule has 0 bridgehead atoms. The predicted molar refractivity (Wildman–Crippen MR) is 84.4 cm³/mol. The highest BCUT2D eigenvalue weighted by Gasteiger charge is 2.27. The monoisotopic (exact) mass is 318 g/mol. The van der Waals surface area contributed by atoms with E-state index in [1.807, 2.05) is 0 Å². The van der Waals surface area contributed by atoms with Gasteiger partial charge in [-0.1, -0.05) is 0 Å². The van der Waals surface area contributed by atoms with Gasteiger partial charge in [0, 0.05) is 30.5 Å². The van der Waals surface area contributed by atoms with Crippen LogP contribution in [0.25, 0.3) is 0 Å². The summed E-state index contributed by atoms with van der Waals surface area (Å²) in [5.41, 5.74) is 2.24. The summed E-state index contributed by atoms with van der Waals surface area (Å²) in [4.78, 5) is 14.0. The van der Waals surface area contributed by atoms with E-state index in [1.165, 1.54) is 11.4 Å². The second-order valence-corrected chi connectivity index (χ2v) is 6.13. The van der Waals surface area contributed by atoms with Crippen molar-refractivity contribution in [1.82, 2.24) is 9.47 Å². The van der Waals surface area contributed by atoms with Crippen LogP contribution >= 0.6 is 0 Å². The molecule has 1 saturated heterocycles. The summed E-state index contributed by atoms with van der Waals surface area (Å²) in [5.74, 6) is -1.69. The van der Waals surface area contributed by atoms with Crippen molar-refractivity contribution >= 4 is 5.91 Å². The van der Waals surface area contributed by atoms with Crippen molar-refractivity contribution in [2.24, 2.45) is 0 Å². The summed E-state index contributed by atoms with van der Waals surface area (Å²) >= 11 is 0. The molecule has 1 aromatic heterocycles. The molecule has 0 aliphatic carbocycles. The number of piperidine rings is 1. The summed E-state index contributed by atoms with van der Waals surface area (Å²) in [6.45, 7) is 5.26. The summed E-state index contributed by atoms with van der Waals surface area (Å²) in [7, 11) is 0. The first kappa shape index (κ1) is 15.7. The van der Waals surface area contributed by atoms with Gasteiger partial charge in [0.15, 0.2) is 0 Å². The first-order chi connectivity index (χ1) is 11.0. The Labute approximate surface area is 134 Å². The average molecular weight is 318 g/mol. The Kier molecular flexibility index (Phi) is 4.20. The molecule has 0 spiro atoms. The summed E-state index contributed by atoms with van der Waals surface area (Å²) in [6, 6.07) is 7.54. The van der Waals surface area contributed by atoms with Gasteiger partial charge >= 0.3 is 0 Å². The minimum absolute atomic E-state index is 0.184. The highest BCUT2D eigenvalue weighted by atomic mass is 19.1. The number of aryl methyl sites for hydroxylation is 2. The normalized spacial score (nSPS) is 15.9. The lowest BCUT2D eigenvalue weighted by atomic mass is 10.0. The maximum atomic E-state index is 13.8. The first-order valence-corrected chi connectivity index (χ1v) is 7.86. The zero-order valence-electron chi connectivity index (χ0n) is 13.4. The second-order valence-electron chi connectivity index (χ2n) is 6.13. The van der Waals surface area contributed by atoms with E-state index in [9.17, 15) is 13.6 Å². The van der Waals surface area contributed by atoms with Crippen LogP contribution in [0.5, 0.6) is 0 Å². The lowest BCUT2D eigenvalue weighted by molar-refractivity contribution is 0.0688. The number of likely N-dealkylation sites (tertiary alicyclic amines) is 1. The zero-order chi connectivity index (χ0) is 16.6. The summed E-state index contributed by atoms with van der Waals surface area (Å²) < 4.78 is 29.3. The number of nitrogens with zero attached hydrogens (tertiary/aromatic N) is 2. The maximum Gasteiger partial charge on any atom is 0.256 e. The van der Waals surface area contributed by atoms with Gasteiger partial charge in [0.2, 0.25) is 0 Å². The Bertz CT molecular complexity index is 711. The number of benzene rings is 1. The van der Waals surface area contributed by atoms with Crippen LogP contribution in [-0.2, 0) is 0 Å². The summed E-state index contributed by atoms with van der Waals surface area (Å²) in [5, 5.41) is 0. The van der Waals surface area contributed by atoms with Crippen LogP contribution in [-0.4, -0.2) is 28.5 Å². The van der Waals surface area contributed by atoms with Gasteiger partial charge in [-0.3, -0.25) is 4.79 Å². The molecule has 0 radical (unpaired) electrons. The molecule has 0 unspecified atom stereocenters. The Morgan fingerprint density at radius 1 is 1.04 bits per heavy atom. The van der Waals surface area contributed by atoms with Crippen LogP contribution in [0, 0.1) is 25.5 Å². The van der Waals surface area contributed by atoms with E-state index in [0.29, 0.717) is 19.1 Å². The number of hydrogen-bond donors (Lipinski definition) is 0. The molecule has 1 aliphatic rings. The molecule has 3 rings (SSSR count). The van der Waals surface area contributed by atoms with Gasteiger partial charge in [0.1, 0.15) is 11.6 Å². The van der Waals surface area contributed by atoms with Crippen LogP contribution in [0.4, 0.5) is 8.78 Å². The van der Waals surface area contributed by atoms with Gasteiger partial charge in [-0.05, 0) is 57.0 Å². The van der Waals surface area contributed by atoms with Crippen LogP contribution in [0.2, 0.25) is 0 Å². The third kappa shape index (κ3) is 3.00. The van der Waals surface area contributed by atoms with Crippen LogP contribution in [0.15, 0.2) is 30.3 Å². The minimum Gasteiger partial charge on any atom is -0.346 e. The number of hydrogen-bond acceptors (Lipinski definition) is 1. The SMILES string of the molecule is Cc1ccc(C)n1C1CCN(C(=O)c2cc(F)ccc2F)CC1. The van der Waals surface area contributed by atoms with Gasteiger partial charge in [-0.25, -0.2) is 8.78 Å². The third-order valence-corrected chi connectivity index (χ3v) is 4.60. The number of rotatable bonds is 2. The molecule has 1 aliphatic heterocycles. The van der Waals surface area contributed by atoms with Gasteiger partial charge in [-0.15, -0.1) is 0 Å². The maximum absolute atomic E-state index is 13.8. The van der Waals surface area contributed by atoms with E-state index >= 15 is 0 Å². The third-order valence-electron chi connectivity index (χ3n) is 4.60. The van der Waals surface area contributed by atoms with E-state index < -0.39 is 17.5 Å². The van der Waals surface area contributed by atoms with Gasteiger partial charge < -0.3 is 9.47 Å². The van der Waals surface area contributed by atoms with Crippen LogP contribution in [0.1, 0.15) is 40.6 Å². The second kappa shape index (κ2) is 6.14. The first-order valence-electron chi connectivity index (χ1n) is 7.86. The molecule has 2 heterocycles. The molecule has 0 saturated carbocycles. The number of amides is 1. The number of halogens is 2. The van der Waals surface area contributed by atoms with E-state index in [1.54, 1.807) is 4.90 Å². The molecule has 3 nitrogen and oxygen atoms in total. The minimum atomic E-state index is -0.671. The van der Waals surface area contributed by atoms with Gasteiger partial charge in [-0.2, -0.15) is 0 Å². The lowest BCUT2D eigenvalue weighted by Crippen LogP contribution is -2.39. The Hall–Kier alpha value is -2.17. The van der Waals surface area contributed by atoms with Crippen molar-refractivity contribution in [2.75, 3.05) is 13.1 Å². The average Bonchev–Trinajstić information content (AvgIpc) is 2.88. The van der Waals surface area contributed by atoms with Crippen LogP contribution < -0.4 is 0 Å². The topological polar surface area (TPSA) is 25.2 Å². The van der Waals surface area contributed by atoms with Crippen molar-refractivity contribution in [1.29, 1.82) is 0 Å². The molecule has 122 valence electrons. The molecule has 0 N–H and O–H groups in total. The van der Waals surface area contributed by atoms with E-state index in [4.69, 9.17) is 0 Å². The van der Waals surface area contributed by atoms with E-state index in [-0.39, 0.29) is 5.56 Å². The Balaban J connectivity index is 1.72. The lowest BCUT2D eigenvalue weighted by Gasteiger charge is -2.34. The molecule has 1 amide bonds. The molecular weight excluding hydrogens is 298 g/mol. The Morgan fingerprint density at radius 2 is 1.65 bits per heavy atom. The van der Waals surface area contributed by atoms with Crippen molar-refractivity contribution in [3.8, 4) is 0 Å². The predicted octanol–water partition coefficient (Wildman–Crippen LogP) is 3.86. The largest absolute Gasteiger partial charge is 0.346 e. The van der Waals surface area contributed by atoms with Gasteiger partial charge in [0.05, 0.1) is 5.56 Å². The molecule has 0 atom stereocenters. The molecule has 1 fully saturated rings. The molecular formula is C18H20F2N2O. The highest BCUT2D eigenvalue weighted by molar-refractivity contribution is 5.94. The van der Waals surface area contributed by atoms with E-state index in [2.05, 4.69) is 30.5 Å². The fourth-order valence-electron chi connectivity index (χ4n) is 3.41. The smallest absolute Gasteiger partial charge is 0.256 e. The van der Waals surface area contributed by atoms with Crippen molar-refractivity contribution < 1.29 is 13.6 Å². The highest BCUT2D eigenvalue weighted by Crippen LogP contribution is 2.27. The van der Waals surface area contributed by atoms with Crippen molar-refractivity contribution in [2.45, 2.75) is 32.7 Å². The Morgan fingerprint density at radius 3 is 2.26 bits per heavy atom. The van der Waals surface area contributed by atoms with Crippen molar-refractivity contribution in [3.05, 3.63) is 58.9 Å². The van der Waals surface area contributed by atoms with E-state index in [0.717, 1.165) is 31.0 Å². The zero-order valence-corrected chi connectivity index (χ0v) is 13.4. The molecule has 5 heteroatoms. The van der Waals surface area contributed by atoms with Gasteiger partial charge in [0.25, 0.3) is 5.91 Å². The van der Waals surface area contributed by atoms with Crippen molar-refractivity contribution in [3.63, 3.8) is 0 Å². The fraction of sp³-hybridized carbons (Fsp3) is 0.389. The number of carbonyl (C=O) groups is 1.